The summed E-state index contributed by atoms with van der Waals surface area (Å²) >= 11 is 0. The van der Waals surface area contributed by atoms with E-state index in [4.69, 9.17) is 0 Å². The molecule has 0 atom stereocenters. The normalized spacial score (nSPS) is 27.8. The van der Waals surface area contributed by atoms with Crippen molar-refractivity contribution in [2.45, 2.75) is 19.3 Å². The highest BCUT2D eigenvalue weighted by atomic mass is 16.2. The molecule has 2 rings (SSSR count). The quantitative estimate of drug-likeness (QED) is 0.434. The minimum Gasteiger partial charge on any atom is -0.292 e. The van der Waals surface area contributed by atoms with Crippen molar-refractivity contribution in [2.75, 3.05) is 0 Å². The van der Waals surface area contributed by atoms with Gasteiger partial charge in [0, 0.05) is 5.57 Å². The van der Waals surface area contributed by atoms with Crippen LogP contribution in [0.4, 0.5) is 0 Å². The predicted octanol–water partition coefficient (Wildman–Crippen LogP) is 0.369. The fraction of sp³-hybridized carbons (Fsp3) is 0.500. The first-order valence-corrected chi connectivity index (χ1v) is 3.80. The lowest BCUT2D eigenvalue weighted by molar-refractivity contribution is -0.124. The summed E-state index contributed by atoms with van der Waals surface area (Å²) in [5.74, 6) is 0.213. The van der Waals surface area contributed by atoms with Crippen molar-refractivity contribution in [3.05, 3.63) is 11.6 Å². The molecule has 0 unspecified atom stereocenters. The number of carbonyl (C=O) groups is 2. The molecule has 1 N–H and O–H groups in total. The van der Waals surface area contributed by atoms with Gasteiger partial charge in [0.25, 0.3) is 5.91 Å². The molecule has 2 aliphatic rings. The van der Waals surface area contributed by atoms with Crippen molar-refractivity contribution in [1.82, 2.24) is 5.32 Å². The van der Waals surface area contributed by atoms with Crippen molar-refractivity contribution in [3.8, 4) is 0 Å². The van der Waals surface area contributed by atoms with Gasteiger partial charge in [0.2, 0.25) is 5.91 Å². The number of amides is 2. The van der Waals surface area contributed by atoms with E-state index in [2.05, 4.69) is 5.32 Å². The van der Waals surface area contributed by atoms with Crippen LogP contribution in [0.1, 0.15) is 19.3 Å². The van der Waals surface area contributed by atoms with Gasteiger partial charge in [-0.1, -0.05) is 6.08 Å². The summed E-state index contributed by atoms with van der Waals surface area (Å²) in [6.45, 7) is 0. The first-order valence-electron chi connectivity index (χ1n) is 3.80. The lowest BCUT2D eigenvalue weighted by Gasteiger charge is -1.87. The maximum absolute atomic E-state index is 10.9. The van der Waals surface area contributed by atoms with Gasteiger partial charge >= 0.3 is 0 Å². The molecule has 0 bridgehead atoms. The Bertz CT molecular complexity index is 251. The Balaban J connectivity index is 2.13. The standard InChI is InChI=1S/C8H9NO2/c10-7-4-6(8(11)9-7)3-5-1-2-5/h3,5H,1-2,4H2,(H,9,10,11)/b6-3-. The summed E-state index contributed by atoms with van der Waals surface area (Å²) in [4.78, 5) is 21.6. The fourth-order valence-corrected chi connectivity index (χ4v) is 1.19. The second kappa shape index (κ2) is 2.19. The van der Waals surface area contributed by atoms with Crippen LogP contribution in [0.2, 0.25) is 0 Å². The van der Waals surface area contributed by atoms with Crippen molar-refractivity contribution in [1.29, 1.82) is 0 Å². The van der Waals surface area contributed by atoms with Crippen molar-refractivity contribution in [2.24, 2.45) is 5.92 Å². The maximum atomic E-state index is 10.9. The van der Waals surface area contributed by atoms with Crippen molar-refractivity contribution >= 4 is 11.8 Å². The molecule has 0 aromatic carbocycles. The highest BCUT2D eigenvalue weighted by Gasteiger charge is 2.27. The highest BCUT2D eigenvalue weighted by molar-refractivity contribution is 6.13. The third-order valence-corrected chi connectivity index (χ3v) is 1.95. The van der Waals surface area contributed by atoms with Gasteiger partial charge in [0.15, 0.2) is 0 Å². The van der Waals surface area contributed by atoms with E-state index in [-0.39, 0.29) is 18.2 Å². The third-order valence-electron chi connectivity index (χ3n) is 1.95. The maximum Gasteiger partial charge on any atom is 0.253 e. The summed E-state index contributed by atoms with van der Waals surface area (Å²) in [5, 5.41) is 2.25. The SMILES string of the molecule is O=C1C/C(=C/C2CC2)C(=O)N1. The zero-order valence-corrected chi connectivity index (χ0v) is 6.09. The topological polar surface area (TPSA) is 46.2 Å². The van der Waals surface area contributed by atoms with E-state index in [9.17, 15) is 9.59 Å². The molecular formula is C8H9NO2. The number of hydrogen-bond donors (Lipinski definition) is 1. The third kappa shape index (κ3) is 1.31. The second-order valence-electron chi connectivity index (χ2n) is 3.08. The molecule has 0 aromatic rings. The lowest BCUT2D eigenvalue weighted by Crippen LogP contribution is -2.19. The van der Waals surface area contributed by atoms with Gasteiger partial charge in [0.05, 0.1) is 6.42 Å². The molecule has 1 heterocycles. The first-order chi connectivity index (χ1) is 5.25. The van der Waals surface area contributed by atoms with E-state index in [0.717, 1.165) is 0 Å². The number of hydrogen-bond acceptors (Lipinski definition) is 2. The van der Waals surface area contributed by atoms with Crippen LogP contribution in [-0.4, -0.2) is 11.8 Å². The Hall–Kier alpha value is -1.12. The molecule has 2 amide bonds. The number of rotatable bonds is 1. The van der Waals surface area contributed by atoms with E-state index in [1.54, 1.807) is 0 Å². The van der Waals surface area contributed by atoms with Crippen LogP contribution in [0.5, 0.6) is 0 Å². The van der Waals surface area contributed by atoms with Crippen LogP contribution in [-0.2, 0) is 9.59 Å². The molecule has 3 nitrogen and oxygen atoms in total. The van der Waals surface area contributed by atoms with Gasteiger partial charge in [-0.2, -0.15) is 0 Å². The lowest BCUT2D eigenvalue weighted by atomic mass is 10.2. The molecule has 58 valence electrons. The summed E-state index contributed by atoms with van der Waals surface area (Å²) in [7, 11) is 0. The summed E-state index contributed by atoms with van der Waals surface area (Å²) in [6.07, 6.45) is 4.56. The minimum absolute atomic E-state index is 0.165. The van der Waals surface area contributed by atoms with Crippen LogP contribution in [0.25, 0.3) is 0 Å². The zero-order chi connectivity index (χ0) is 7.84. The van der Waals surface area contributed by atoms with E-state index in [1.807, 2.05) is 6.08 Å². The van der Waals surface area contributed by atoms with Crippen LogP contribution >= 0.6 is 0 Å². The first kappa shape index (κ1) is 6.58. The van der Waals surface area contributed by atoms with Crippen LogP contribution < -0.4 is 5.32 Å². The van der Waals surface area contributed by atoms with Crippen molar-refractivity contribution < 1.29 is 9.59 Å². The predicted molar refractivity (Wildman–Crippen MR) is 38.6 cm³/mol. The van der Waals surface area contributed by atoms with Gasteiger partial charge in [-0.3, -0.25) is 14.9 Å². The number of imide groups is 1. The Kier molecular flexibility index (Phi) is 1.31. The van der Waals surface area contributed by atoms with Crippen LogP contribution in [0, 0.1) is 5.92 Å². The fourth-order valence-electron chi connectivity index (χ4n) is 1.19. The van der Waals surface area contributed by atoms with E-state index in [0.29, 0.717) is 11.5 Å². The molecule has 1 aliphatic heterocycles. The van der Waals surface area contributed by atoms with Gasteiger partial charge in [-0.25, -0.2) is 0 Å². The Morgan fingerprint density at radius 1 is 1.36 bits per heavy atom. The molecule has 2 fully saturated rings. The molecule has 0 radical (unpaired) electrons. The van der Waals surface area contributed by atoms with Crippen LogP contribution in [0.15, 0.2) is 11.6 Å². The van der Waals surface area contributed by atoms with Crippen LogP contribution in [0.3, 0.4) is 0 Å². The van der Waals surface area contributed by atoms with Gasteiger partial charge in [0.1, 0.15) is 0 Å². The van der Waals surface area contributed by atoms with Crippen molar-refractivity contribution in [3.63, 3.8) is 0 Å². The smallest absolute Gasteiger partial charge is 0.253 e. The van der Waals surface area contributed by atoms with E-state index < -0.39 is 0 Å². The molecule has 1 saturated heterocycles. The Morgan fingerprint density at radius 3 is 2.55 bits per heavy atom. The Labute approximate surface area is 64.5 Å². The average Bonchev–Trinajstić information content (AvgIpc) is 2.64. The minimum atomic E-state index is -0.193. The second-order valence-corrected chi connectivity index (χ2v) is 3.08. The Morgan fingerprint density at radius 2 is 2.09 bits per heavy atom. The monoisotopic (exact) mass is 151 g/mol. The highest BCUT2D eigenvalue weighted by Crippen LogP contribution is 2.32. The molecule has 0 spiro atoms. The number of nitrogens with one attached hydrogen (secondary N) is 1. The van der Waals surface area contributed by atoms with Gasteiger partial charge in [-0.15, -0.1) is 0 Å². The summed E-state index contributed by atoms with van der Waals surface area (Å²) in [6, 6.07) is 0. The van der Waals surface area contributed by atoms with E-state index >= 15 is 0 Å². The molecule has 3 heteroatoms. The summed E-state index contributed by atoms with van der Waals surface area (Å²) < 4.78 is 0. The van der Waals surface area contributed by atoms with Gasteiger partial charge < -0.3 is 0 Å². The molecule has 11 heavy (non-hydrogen) atoms. The average molecular weight is 151 g/mol. The molecule has 1 aliphatic carbocycles. The largest absolute Gasteiger partial charge is 0.292 e. The van der Waals surface area contributed by atoms with Gasteiger partial charge in [-0.05, 0) is 18.8 Å². The van der Waals surface area contributed by atoms with E-state index in [1.165, 1.54) is 12.8 Å². The number of allylic oxidation sites excluding steroid dienone is 1. The molecule has 0 aromatic heterocycles. The molecule has 1 saturated carbocycles. The molecular weight excluding hydrogens is 142 g/mol. The summed E-state index contributed by atoms with van der Waals surface area (Å²) in [5.41, 5.74) is 0.664. The number of carbonyl (C=O) groups excluding carboxylic acids is 2. The zero-order valence-electron chi connectivity index (χ0n) is 6.09.